The minimum absolute atomic E-state index is 0.103. The third kappa shape index (κ3) is 7.56. The fraction of sp³-hybridized carbons (Fsp3) is 0.500. The van der Waals surface area contributed by atoms with Crippen molar-refractivity contribution in [2.45, 2.75) is 77.4 Å². The average Bonchev–Trinajstić information content (AvgIpc) is 3.35. The quantitative estimate of drug-likeness (QED) is 0.456. The van der Waals surface area contributed by atoms with Crippen molar-refractivity contribution >= 4 is 27.5 Å². The van der Waals surface area contributed by atoms with Crippen LogP contribution in [0.5, 0.6) is 0 Å². The zero-order valence-electron chi connectivity index (χ0n) is 21.7. The van der Waals surface area contributed by atoms with Crippen LogP contribution in [-0.2, 0) is 26.2 Å². The van der Waals surface area contributed by atoms with Crippen LogP contribution in [0.1, 0.15) is 63.0 Å². The zero-order valence-corrected chi connectivity index (χ0v) is 22.5. The number of hydrogen-bond acceptors (Lipinski definition) is 4. The molecular formula is C28H39N3O4S. The predicted octanol–water partition coefficient (Wildman–Crippen LogP) is 4.41. The summed E-state index contributed by atoms with van der Waals surface area (Å²) in [4.78, 5) is 28.5. The van der Waals surface area contributed by atoms with Crippen LogP contribution in [0.2, 0.25) is 0 Å². The van der Waals surface area contributed by atoms with Crippen LogP contribution in [0.15, 0.2) is 54.6 Å². The third-order valence-electron chi connectivity index (χ3n) is 6.89. The van der Waals surface area contributed by atoms with E-state index in [4.69, 9.17) is 0 Å². The van der Waals surface area contributed by atoms with Crippen molar-refractivity contribution in [1.82, 2.24) is 10.2 Å². The number of rotatable bonds is 12. The fourth-order valence-corrected chi connectivity index (χ4v) is 5.82. The maximum Gasteiger partial charge on any atom is 0.243 e. The summed E-state index contributed by atoms with van der Waals surface area (Å²) in [6.07, 6.45) is 6.38. The first-order valence-corrected chi connectivity index (χ1v) is 14.7. The zero-order chi connectivity index (χ0) is 26.1. The van der Waals surface area contributed by atoms with Crippen LogP contribution >= 0.6 is 0 Å². The Morgan fingerprint density at radius 2 is 1.67 bits per heavy atom. The second-order valence-electron chi connectivity index (χ2n) is 9.64. The molecule has 2 amide bonds. The highest BCUT2D eigenvalue weighted by molar-refractivity contribution is 7.92. The number of carbonyl (C=O) groups is 2. The number of amides is 2. The lowest BCUT2D eigenvalue weighted by atomic mass is 10.0. The smallest absolute Gasteiger partial charge is 0.243 e. The lowest BCUT2D eigenvalue weighted by Gasteiger charge is -2.32. The molecule has 0 spiro atoms. The molecule has 0 aromatic heterocycles. The second-order valence-corrected chi connectivity index (χ2v) is 11.5. The maximum atomic E-state index is 13.5. The Morgan fingerprint density at radius 1 is 1.03 bits per heavy atom. The molecule has 0 saturated heterocycles. The van der Waals surface area contributed by atoms with Gasteiger partial charge in [-0.25, -0.2) is 8.42 Å². The van der Waals surface area contributed by atoms with Crippen molar-refractivity contribution in [3.8, 4) is 0 Å². The molecule has 0 unspecified atom stereocenters. The van der Waals surface area contributed by atoms with Crippen molar-refractivity contribution < 1.29 is 18.0 Å². The summed E-state index contributed by atoms with van der Waals surface area (Å²) in [5.41, 5.74) is 2.64. The van der Waals surface area contributed by atoms with Gasteiger partial charge in [0, 0.05) is 25.6 Å². The molecule has 3 rings (SSSR count). The van der Waals surface area contributed by atoms with Gasteiger partial charge in [0.25, 0.3) is 0 Å². The molecule has 2 aromatic carbocycles. The molecule has 1 atom stereocenters. The molecule has 0 aliphatic heterocycles. The Labute approximate surface area is 215 Å². The number of benzene rings is 2. The monoisotopic (exact) mass is 513 g/mol. The van der Waals surface area contributed by atoms with Gasteiger partial charge in [-0.3, -0.25) is 13.9 Å². The molecule has 36 heavy (non-hydrogen) atoms. The number of hydrogen-bond donors (Lipinski definition) is 1. The number of nitrogens with one attached hydrogen (secondary N) is 1. The van der Waals surface area contributed by atoms with E-state index in [9.17, 15) is 18.0 Å². The van der Waals surface area contributed by atoms with Crippen LogP contribution in [0, 0.1) is 6.92 Å². The van der Waals surface area contributed by atoms with E-state index in [0.717, 1.165) is 36.8 Å². The van der Waals surface area contributed by atoms with E-state index in [1.54, 1.807) is 29.2 Å². The van der Waals surface area contributed by atoms with E-state index in [2.05, 4.69) is 5.32 Å². The van der Waals surface area contributed by atoms with Crippen molar-refractivity contribution in [3.63, 3.8) is 0 Å². The first-order valence-electron chi connectivity index (χ1n) is 12.9. The van der Waals surface area contributed by atoms with Gasteiger partial charge < -0.3 is 10.2 Å². The molecule has 0 radical (unpaired) electrons. The number of anilines is 1. The van der Waals surface area contributed by atoms with Gasteiger partial charge in [-0.2, -0.15) is 0 Å². The normalized spacial score (nSPS) is 14.9. The maximum absolute atomic E-state index is 13.5. The summed E-state index contributed by atoms with van der Waals surface area (Å²) in [5.74, 6) is -0.249. The molecule has 196 valence electrons. The van der Waals surface area contributed by atoms with Crippen molar-refractivity contribution in [3.05, 3.63) is 65.7 Å². The molecule has 1 N–H and O–H groups in total. The summed E-state index contributed by atoms with van der Waals surface area (Å²) in [6.45, 7) is 4.47. The second kappa shape index (κ2) is 12.9. The minimum Gasteiger partial charge on any atom is -0.352 e. The lowest BCUT2D eigenvalue weighted by Crippen LogP contribution is -2.51. The standard InChI is InChI=1S/C28H39N3O4S/c1-4-26(28(33)29-24-15-10-11-16-24)30(21-23-14-9-8-13-22(23)2)27(32)19-12-20-31(36(3,34)35)25-17-6-5-7-18-25/h5-9,13-14,17-18,24,26H,4,10-12,15-16,19-21H2,1-3H3,(H,29,33)/t26-/m1/s1. The molecule has 2 aromatic rings. The first-order chi connectivity index (χ1) is 17.2. The van der Waals surface area contributed by atoms with Crippen LogP contribution in [0.4, 0.5) is 5.69 Å². The summed E-state index contributed by atoms with van der Waals surface area (Å²) in [5, 5.41) is 3.16. The van der Waals surface area contributed by atoms with Gasteiger partial charge in [-0.05, 0) is 55.9 Å². The molecule has 0 bridgehead atoms. The number of sulfonamides is 1. The van der Waals surface area contributed by atoms with Gasteiger partial charge in [-0.15, -0.1) is 0 Å². The minimum atomic E-state index is -3.49. The van der Waals surface area contributed by atoms with Crippen molar-refractivity contribution in [2.75, 3.05) is 17.1 Å². The molecular weight excluding hydrogens is 474 g/mol. The topological polar surface area (TPSA) is 86.8 Å². The summed E-state index contributed by atoms with van der Waals surface area (Å²) in [6, 6.07) is 16.4. The Bertz CT molecular complexity index is 1110. The van der Waals surface area contributed by atoms with Gasteiger partial charge in [0.2, 0.25) is 21.8 Å². The Kier molecular flexibility index (Phi) is 9.93. The van der Waals surface area contributed by atoms with E-state index in [0.29, 0.717) is 25.1 Å². The SMILES string of the molecule is CC[C@H](C(=O)NC1CCCC1)N(Cc1ccccc1C)C(=O)CCCN(c1ccccc1)S(C)(=O)=O. The predicted molar refractivity (Wildman–Crippen MR) is 144 cm³/mol. The molecule has 7 nitrogen and oxygen atoms in total. The highest BCUT2D eigenvalue weighted by Gasteiger charge is 2.31. The lowest BCUT2D eigenvalue weighted by molar-refractivity contribution is -0.141. The Morgan fingerprint density at radius 3 is 2.28 bits per heavy atom. The molecule has 0 heterocycles. The van der Waals surface area contributed by atoms with Crippen molar-refractivity contribution in [2.24, 2.45) is 0 Å². The van der Waals surface area contributed by atoms with E-state index in [1.807, 2.05) is 44.2 Å². The van der Waals surface area contributed by atoms with Crippen LogP contribution < -0.4 is 9.62 Å². The van der Waals surface area contributed by atoms with Gasteiger partial charge >= 0.3 is 0 Å². The third-order valence-corrected chi connectivity index (χ3v) is 8.08. The number of nitrogens with zero attached hydrogens (tertiary/aromatic N) is 2. The van der Waals surface area contributed by atoms with Crippen LogP contribution in [0.25, 0.3) is 0 Å². The van der Waals surface area contributed by atoms with Gasteiger partial charge in [0.05, 0.1) is 11.9 Å². The average molecular weight is 514 g/mol. The largest absolute Gasteiger partial charge is 0.352 e. The highest BCUT2D eigenvalue weighted by atomic mass is 32.2. The summed E-state index contributed by atoms with van der Waals surface area (Å²) < 4.78 is 26.1. The summed E-state index contributed by atoms with van der Waals surface area (Å²) in [7, 11) is -3.49. The summed E-state index contributed by atoms with van der Waals surface area (Å²) >= 11 is 0. The number of carbonyl (C=O) groups excluding carboxylic acids is 2. The van der Waals surface area contributed by atoms with Gasteiger partial charge in [0.1, 0.15) is 6.04 Å². The van der Waals surface area contributed by atoms with Crippen LogP contribution in [-0.4, -0.2) is 50.0 Å². The molecule has 1 saturated carbocycles. The van der Waals surface area contributed by atoms with E-state index in [-0.39, 0.29) is 30.8 Å². The molecule has 8 heteroatoms. The molecule has 1 aliphatic carbocycles. The van der Waals surface area contributed by atoms with E-state index < -0.39 is 16.1 Å². The first kappa shape index (κ1) is 27.7. The fourth-order valence-electron chi connectivity index (χ4n) is 4.86. The highest BCUT2D eigenvalue weighted by Crippen LogP contribution is 2.22. The Hall–Kier alpha value is -2.87. The van der Waals surface area contributed by atoms with Crippen LogP contribution in [0.3, 0.4) is 0 Å². The molecule has 1 aliphatic rings. The van der Waals surface area contributed by atoms with Gasteiger partial charge in [-0.1, -0.05) is 62.2 Å². The Balaban J connectivity index is 1.75. The van der Waals surface area contributed by atoms with Crippen molar-refractivity contribution in [1.29, 1.82) is 0 Å². The van der Waals surface area contributed by atoms with E-state index in [1.165, 1.54) is 10.6 Å². The molecule has 1 fully saturated rings. The van der Waals surface area contributed by atoms with E-state index >= 15 is 0 Å². The van der Waals surface area contributed by atoms with Gasteiger partial charge in [0.15, 0.2) is 0 Å². The number of aryl methyl sites for hydroxylation is 1. The number of para-hydroxylation sites is 1.